The molecule has 124 valence electrons. The summed E-state index contributed by atoms with van der Waals surface area (Å²) in [6.45, 7) is 3.78. The number of benzene rings is 1. The molecule has 6 nitrogen and oxygen atoms in total. The summed E-state index contributed by atoms with van der Waals surface area (Å²) in [5.41, 5.74) is 0.0938. The molecule has 0 aliphatic carbocycles. The van der Waals surface area contributed by atoms with Crippen LogP contribution in [0, 0.1) is 5.82 Å². The minimum atomic E-state index is -0.677. The van der Waals surface area contributed by atoms with Crippen LogP contribution in [-0.2, 0) is 11.3 Å². The first-order valence-corrected chi connectivity index (χ1v) is 8.08. The second kappa shape index (κ2) is 6.48. The third-order valence-corrected chi connectivity index (χ3v) is 4.43. The Morgan fingerprint density at radius 1 is 1.38 bits per heavy atom. The summed E-state index contributed by atoms with van der Waals surface area (Å²) in [5.74, 6) is -1.01. The fraction of sp³-hybridized carbons (Fsp3) is 0.250. The molecule has 2 aromatic heterocycles. The monoisotopic (exact) mass is 347 g/mol. The number of ether oxygens (including phenoxy) is 1. The molecule has 0 amide bonds. The number of rotatable bonds is 4. The molecule has 24 heavy (non-hydrogen) atoms. The summed E-state index contributed by atoms with van der Waals surface area (Å²) in [7, 11) is 0. The van der Waals surface area contributed by atoms with Gasteiger partial charge >= 0.3 is 5.97 Å². The lowest BCUT2D eigenvalue weighted by Crippen LogP contribution is -2.16. The van der Waals surface area contributed by atoms with E-state index < -0.39 is 11.8 Å². The van der Waals surface area contributed by atoms with E-state index in [0.29, 0.717) is 10.7 Å². The average molecular weight is 347 g/mol. The van der Waals surface area contributed by atoms with Crippen LogP contribution in [0.15, 0.2) is 35.1 Å². The van der Waals surface area contributed by atoms with Crippen molar-refractivity contribution in [1.82, 2.24) is 14.6 Å². The lowest BCUT2D eigenvalue weighted by Gasteiger charge is -2.04. The van der Waals surface area contributed by atoms with Crippen LogP contribution in [0.3, 0.4) is 0 Å². The highest BCUT2D eigenvalue weighted by Gasteiger charge is 2.13. The maximum Gasteiger partial charge on any atom is 0.338 e. The molecule has 0 unspecified atom stereocenters. The third-order valence-electron chi connectivity index (χ3n) is 3.22. The molecule has 0 spiro atoms. The first-order valence-electron chi connectivity index (χ1n) is 7.26. The first-order chi connectivity index (χ1) is 11.4. The number of esters is 1. The summed E-state index contributed by atoms with van der Waals surface area (Å²) in [6, 6.07) is 6.48. The van der Waals surface area contributed by atoms with Gasteiger partial charge in [-0.15, -0.1) is 0 Å². The second-order valence-corrected chi connectivity index (χ2v) is 6.45. The van der Waals surface area contributed by atoms with Gasteiger partial charge in [-0.25, -0.2) is 14.2 Å². The van der Waals surface area contributed by atoms with Crippen LogP contribution in [0.25, 0.3) is 4.96 Å². The molecular weight excluding hydrogens is 333 g/mol. The van der Waals surface area contributed by atoms with E-state index in [1.54, 1.807) is 0 Å². The minimum Gasteiger partial charge on any atom is -0.456 e. The van der Waals surface area contributed by atoms with E-state index in [4.69, 9.17) is 4.74 Å². The van der Waals surface area contributed by atoms with Gasteiger partial charge in [-0.1, -0.05) is 31.3 Å². The van der Waals surface area contributed by atoms with Gasteiger partial charge in [0.2, 0.25) is 4.96 Å². The van der Waals surface area contributed by atoms with Crippen molar-refractivity contribution in [1.29, 1.82) is 0 Å². The zero-order chi connectivity index (χ0) is 17.3. The van der Waals surface area contributed by atoms with E-state index in [1.807, 2.05) is 13.8 Å². The topological polar surface area (TPSA) is 73.6 Å². The van der Waals surface area contributed by atoms with Crippen LogP contribution in [0.5, 0.6) is 0 Å². The van der Waals surface area contributed by atoms with Crippen LogP contribution in [-0.4, -0.2) is 20.6 Å². The standard InChI is InChI=1S/C16H14FN3O3S/c1-9(2)14-19-20-13(21)7-12(18-16(20)24-14)8-23-15(22)10-4-3-5-11(17)6-10/h3-7,9H,8H2,1-2H3. The van der Waals surface area contributed by atoms with Crippen molar-refractivity contribution in [2.75, 3.05) is 0 Å². The normalized spacial score (nSPS) is 11.2. The fourth-order valence-corrected chi connectivity index (χ4v) is 2.94. The lowest BCUT2D eigenvalue weighted by atomic mass is 10.2. The number of halogens is 1. The Kier molecular flexibility index (Phi) is 4.39. The van der Waals surface area contributed by atoms with Gasteiger partial charge < -0.3 is 4.74 Å². The molecule has 0 fully saturated rings. The molecule has 0 bridgehead atoms. The van der Waals surface area contributed by atoms with Crippen molar-refractivity contribution >= 4 is 22.3 Å². The lowest BCUT2D eigenvalue weighted by molar-refractivity contribution is 0.0467. The minimum absolute atomic E-state index is 0.104. The van der Waals surface area contributed by atoms with Gasteiger partial charge in [-0.05, 0) is 18.2 Å². The molecule has 3 aromatic rings. The van der Waals surface area contributed by atoms with E-state index in [9.17, 15) is 14.0 Å². The number of carbonyl (C=O) groups excluding carboxylic acids is 1. The van der Waals surface area contributed by atoms with Crippen LogP contribution in [0.2, 0.25) is 0 Å². The molecule has 1 aromatic carbocycles. The Bertz CT molecular complexity index is 965. The molecule has 0 saturated heterocycles. The number of hydrogen-bond donors (Lipinski definition) is 0. The van der Waals surface area contributed by atoms with Gasteiger partial charge in [0.15, 0.2) is 0 Å². The molecule has 0 radical (unpaired) electrons. The quantitative estimate of drug-likeness (QED) is 0.679. The highest BCUT2D eigenvalue weighted by Crippen LogP contribution is 2.20. The van der Waals surface area contributed by atoms with Crippen molar-refractivity contribution in [2.24, 2.45) is 0 Å². The van der Waals surface area contributed by atoms with E-state index in [1.165, 1.54) is 40.1 Å². The molecule has 0 atom stereocenters. The van der Waals surface area contributed by atoms with E-state index in [2.05, 4.69) is 10.1 Å². The maximum absolute atomic E-state index is 13.1. The Balaban J connectivity index is 1.80. The van der Waals surface area contributed by atoms with Crippen molar-refractivity contribution in [3.8, 4) is 0 Å². The summed E-state index contributed by atoms with van der Waals surface area (Å²) >= 11 is 1.32. The van der Waals surface area contributed by atoms with Gasteiger partial charge in [-0.3, -0.25) is 4.79 Å². The van der Waals surface area contributed by atoms with Gasteiger partial charge in [0, 0.05) is 12.0 Å². The van der Waals surface area contributed by atoms with Crippen molar-refractivity contribution < 1.29 is 13.9 Å². The molecule has 8 heteroatoms. The van der Waals surface area contributed by atoms with E-state index in [0.717, 1.165) is 11.1 Å². The third kappa shape index (κ3) is 3.33. The predicted molar refractivity (Wildman–Crippen MR) is 86.7 cm³/mol. The van der Waals surface area contributed by atoms with E-state index >= 15 is 0 Å². The summed E-state index contributed by atoms with van der Waals surface area (Å²) in [6.07, 6.45) is 0. The van der Waals surface area contributed by atoms with Gasteiger partial charge in [0.25, 0.3) is 5.56 Å². The fourth-order valence-electron chi connectivity index (χ4n) is 2.02. The SMILES string of the molecule is CC(C)c1nn2c(=O)cc(COC(=O)c3cccc(F)c3)nc2s1. The Hall–Kier alpha value is -2.61. The van der Waals surface area contributed by atoms with Crippen molar-refractivity contribution in [2.45, 2.75) is 26.4 Å². The Morgan fingerprint density at radius 3 is 2.88 bits per heavy atom. The second-order valence-electron chi connectivity index (χ2n) is 5.46. The Morgan fingerprint density at radius 2 is 2.17 bits per heavy atom. The zero-order valence-electron chi connectivity index (χ0n) is 13.0. The summed E-state index contributed by atoms with van der Waals surface area (Å²) in [5, 5.41) is 5.02. The van der Waals surface area contributed by atoms with Crippen molar-refractivity contribution in [3.63, 3.8) is 0 Å². The Labute approximate surface area is 140 Å². The predicted octanol–water partition coefficient (Wildman–Crippen LogP) is 2.77. The van der Waals surface area contributed by atoms with Crippen LogP contribution >= 0.6 is 11.3 Å². The summed E-state index contributed by atoms with van der Waals surface area (Å²) < 4.78 is 19.4. The smallest absolute Gasteiger partial charge is 0.338 e. The molecule has 0 aliphatic heterocycles. The zero-order valence-corrected chi connectivity index (χ0v) is 13.8. The number of carbonyl (C=O) groups is 1. The van der Waals surface area contributed by atoms with Crippen molar-refractivity contribution in [3.05, 3.63) is 62.8 Å². The van der Waals surface area contributed by atoms with Crippen LogP contribution < -0.4 is 5.56 Å². The van der Waals surface area contributed by atoms with Gasteiger partial charge in [0.05, 0.1) is 11.3 Å². The summed E-state index contributed by atoms with van der Waals surface area (Å²) in [4.78, 5) is 28.7. The molecule has 0 aliphatic rings. The van der Waals surface area contributed by atoms with Crippen LogP contribution in [0.1, 0.15) is 40.8 Å². The van der Waals surface area contributed by atoms with Gasteiger partial charge in [0.1, 0.15) is 17.4 Å². The molecular formula is C16H14FN3O3S. The number of aromatic nitrogens is 3. The molecule has 3 rings (SSSR count). The molecule has 0 N–H and O–H groups in total. The maximum atomic E-state index is 13.1. The largest absolute Gasteiger partial charge is 0.456 e. The van der Waals surface area contributed by atoms with Crippen LogP contribution in [0.4, 0.5) is 4.39 Å². The highest BCUT2D eigenvalue weighted by molar-refractivity contribution is 7.16. The highest BCUT2D eigenvalue weighted by atomic mass is 32.1. The number of nitrogens with zero attached hydrogens (tertiary/aromatic N) is 3. The number of fused-ring (bicyclic) bond motifs is 1. The van der Waals surface area contributed by atoms with Gasteiger partial charge in [-0.2, -0.15) is 9.61 Å². The van der Waals surface area contributed by atoms with E-state index in [-0.39, 0.29) is 23.6 Å². The first kappa shape index (κ1) is 16.3. The molecule has 0 saturated carbocycles. The number of hydrogen-bond acceptors (Lipinski definition) is 6. The average Bonchev–Trinajstić information content (AvgIpc) is 2.97. The molecule has 2 heterocycles.